The number of thioether (sulfide) groups is 1. The van der Waals surface area contributed by atoms with Crippen LogP contribution in [0.15, 0.2) is 23.1 Å². The molecule has 0 spiro atoms. The van der Waals surface area contributed by atoms with Gasteiger partial charge >= 0.3 is 0 Å². The number of carbonyl (C=O) groups is 2. The second-order valence-electron chi connectivity index (χ2n) is 5.96. The lowest BCUT2D eigenvalue weighted by atomic mass is 10.0. The Bertz CT molecular complexity index is 774. The fourth-order valence-corrected chi connectivity index (χ4v) is 4.03. The van der Waals surface area contributed by atoms with Crippen LogP contribution < -0.4 is 14.6 Å². The summed E-state index contributed by atoms with van der Waals surface area (Å²) >= 11 is 6.30. The highest BCUT2D eigenvalue weighted by atomic mass is 32.2. The Morgan fingerprint density at radius 3 is 2.64 bits per heavy atom. The van der Waals surface area contributed by atoms with Crippen LogP contribution in [0.5, 0.6) is 11.5 Å². The summed E-state index contributed by atoms with van der Waals surface area (Å²) in [6.45, 7) is 4.40. The second-order valence-corrected chi connectivity index (χ2v) is 7.64. The van der Waals surface area contributed by atoms with E-state index >= 15 is 0 Å². The van der Waals surface area contributed by atoms with Crippen LogP contribution in [0.4, 0.5) is 0 Å². The molecule has 132 valence electrons. The van der Waals surface area contributed by atoms with Gasteiger partial charge in [-0.2, -0.15) is 0 Å². The molecule has 0 unspecified atom stereocenters. The Labute approximate surface area is 154 Å². The fraction of sp³-hybridized carbons (Fsp3) is 0.353. The molecular formula is C17H16NO5S2-. The molecular weight excluding hydrogens is 362 g/mol. The third-order valence-electron chi connectivity index (χ3n) is 3.84. The first kappa shape index (κ1) is 17.8. The molecule has 1 atom stereocenters. The second kappa shape index (κ2) is 7.05. The lowest BCUT2D eigenvalue weighted by Gasteiger charge is -2.30. The van der Waals surface area contributed by atoms with E-state index < -0.39 is 17.9 Å². The number of nitrogens with zero attached hydrogens (tertiary/aromatic N) is 1. The highest BCUT2D eigenvalue weighted by Crippen LogP contribution is 2.37. The average Bonchev–Trinajstić information content (AvgIpc) is 2.82. The van der Waals surface area contributed by atoms with Crippen molar-refractivity contribution < 1.29 is 24.2 Å². The van der Waals surface area contributed by atoms with E-state index in [-0.39, 0.29) is 10.2 Å². The van der Waals surface area contributed by atoms with Gasteiger partial charge < -0.3 is 19.4 Å². The topological polar surface area (TPSA) is 78.9 Å². The summed E-state index contributed by atoms with van der Waals surface area (Å²) in [5.74, 6) is -0.779. The van der Waals surface area contributed by atoms with E-state index in [9.17, 15) is 14.7 Å². The Hall–Kier alpha value is -2.06. The van der Waals surface area contributed by atoms with Gasteiger partial charge in [0.05, 0.1) is 16.9 Å². The summed E-state index contributed by atoms with van der Waals surface area (Å²) in [6.07, 6.45) is 1.67. The van der Waals surface area contributed by atoms with Crippen LogP contribution in [0.25, 0.3) is 6.08 Å². The minimum absolute atomic E-state index is 0.219. The quantitative estimate of drug-likeness (QED) is 0.579. The molecule has 8 heteroatoms. The maximum absolute atomic E-state index is 12.7. The number of fused-ring (bicyclic) bond motifs is 1. The summed E-state index contributed by atoms with van der Waals surface area (Å²) in [7, 11) is 0. The van der Waals surface area contributed by atoms with Crippen molar-refractivity contribution >= 4 is 46.3 Å². The normalized spacial score (nSPS) is 19.6. The smallest absolute Gasteiger partial charge is 0.266 e. The van der Waals surface area contributed by atoms with Crippen molar-refractivity contribution in [1.29, 1.82) is 0 Å². The largest absolute Gasteiger partial charge is 0.548 e. The average molecular weight is 378 g/mol. The van der Waals surface area contributed by atoms with Crippen LogP contribution >= 0.6 is 24.0 Å². The molecule has 2 aliphatic heterocycles. The molecule has 0 radical (unpaired) electrons. The first-order chi connectivity index (χ1) is 11.9. The molecule has 1 amide bonds. The van der Waals surface area contributed by atoms with E-state index in [4.69, 9.17) is 21.7 Å². The van der Waals surface area contributed by atoms with E-state index in [1.807, 2.05) is 0 Å². The van der Waals surface area contributed by atoms with Gasteiger partial charge in [0.1, 0.15) is 17.5 Å². The zero-order valence-corrected chi connectivity index (χ0v) is 15.3. The zero-order valence-electron chi connectivity index (χ0n) is 13.7. The van der Waals surface area contributed by atoms with Crippen molar-refractivity contribution in [3.63, 3.8) is 0 Å². The van der Waals surface area contributed by atoms with Crippen LogP contribution in [0.3, 0.4) is 0 Å². The molecule has 0 N–H and O–H groups in total. The van der Waals surface area contributed by atoms with Gasteiger partial charge in [-0.25, -0.2) is 0 Å². The lowest BCUT2D eigenvalue weighted by Crippen LogP contribution is -2.52. The van der Waals surface area contributed by atoms with Crippen molar-refractivity contribution in [2.75, 3.05) is 13.2 Å². The van der Waals surface area contributed by atoms with Crippen molar-refractivity contribution in [3.8, 4) is 11.5 Å². The summed E-state index contributed by atoms with van der Waals surface area (Å²) < 4.78 is 11.2. The first-order valence-electron chi connectivity index (χ1n) is 7.76. The molecule has 25 heavy (non-hydrogen) atoms. The summed E-state index contributed by atoms with van der Waals surface area (Å²) in [4.78, 5) is 25.6. The van der Waals surface area contributed by atoms with Gasteiger partial charge in [0, 0.05) is 0 Å². The number of thiocarbonyl (C=S) groups is 1. The number of aliphatic carboxylic acids is 1. The molecule has 1 aromatic rings. The molecule has 1 fully saturated rings. The molecule has 0 bridgehead atoms. The summed E-state index contributed by atoms with van der Waals surface area (Å²) in [5.41, 5.74) is 0.749. The van der Waals surface area contributed by atoms with Crippen LogP contribution in [-0.4, -0.2) is 40.4 Å². The van der Waals surface area contributed by atoms with Crippen LogP contribution in [0, 0.1) is 5.92 Å². The third kappa shape index (κ3) is 3.50. The standard InChI is InChI=1S/C17H17NO5S2/c1-9(2)14(16(20)21)18-15(19)13(25-17(18)24)8-10-3-4-11-12(7-10)23-6-5-22-11/h3-4,7-9,14H,5-6H2,1-2H3,(H,20,21)/p-1/b13-8-/t14-/m1/s1. The first-order valence-corrected chi connectivity index (χ1v) is 8.98. The maximum Gasteiger partial charge on any atom is 0.266 e. The fourth-order valence-electron chi connectivity index (χ4n) is 2.70. The van der Waals surface area contributed by atoms with E-state index in [1.165, 1.54) is 0 Å². The van der Waals surface area contributed by atoms with Gasteiger partial charge in [0.2, 0.25) is 0 Å². The van der Waals surface area contributed by atoms with E-state index in [2.05, 4.69) is 0 Å². The van der Waals surface area contributed by atoms with Crippen molar-refractivity contribution in [1.82, 2.24) is 4.90 Å². The SMILES string of the molecule is CC(C)[C@H](C(=O)[O-])N1C(=O)/C(=C/c2ccc3c(c2)OCCO3)SC1=S. The number of hydrogen-bond acceptors (Lipinski definition) is 7. The third-order valence-corrected chi connectivity index (χ3v) is 5.17. The van der Waals surface area contributed by atoms with Gasteiger partial charge in [-0.15, -0.1) is 0 Å². The number of carbonyl (C=O) groups excluding carboxylic acids is 2. The minimum atomic E-state index is -1.31. The lowest BCUT2D eigenvalue weighted by molar-refractivity contribution is -0.311. The number of amides is 1. The van der Waals surface area contributed by atoms with Crippen molar-refractivity contribution in [2.45, 2.75) is 19.9 Å². The summed E-state index contributed by atoms with van der Waals surface area (Å²) in [5, 5.41) is 11.4. The van der Waals surface area contributed by atoms with Crippen molar-refractivity contribution in [3.05, 3.63) is 28.7 Å². The Kier molecular flexibility index (Phi) is 5.01. The Morgan fingerprint density at radius 2 is 2.00 bits per heavy atom. The van der Waals surface area contributed by atoms with E-state index in [1.54, 1.807) is 38.1 Å². The number of ether oxygens (including phenoxy) is 2. The van der Waals surface area contributed by atoms with Gasteiger partial charge in [-0.05, 0) is 29.7 Å². The molecule has 3 rings (SSSR count). The zero-order chi connectivity index (χ0) is 18.1. The van der Waals surface area contributed by atoms with E-state index in [0.29, 0.717) is 29.6 Å². The molecule has 0 saturated carbocycles. The minimum Gasteiger partial charge on any atom is -0.548 e. The molecule has 2 heterocycles. The number of hydrogen-bond donors (Lipinski definition) is 0. The number of benzene rings is 1. The van der Waals surface area contributed by atoms with Gasteiger partial charge in [0.25, 0.3) is 5.91 Å². The molecule has 0 aliphatic carbocycles. The highest BCUT2D eigenvalue weighted by molar-refractivity contribution is 8.26. The van der Waals surface area contributed by atoms with Gasteiger partial charge in [0.15, 0.2) is 11.5 Å². The predicted octanol–water partition coefficient (Wildman–Crippen LogP) is 1.43. The van der Waals surface area contributed by atoms with Gasteiger partial charge in [-0.1, -0.05) is 43.9 Å². The Balaban J connectivity index is 1.89. The van der Waals surface area contributed by atoms with E-state index in [0.717, 1.165) is 22.2 Å². The van der Waals surface area contributed by atoms with Crippen molar-refractivity contribution in [2.24, 2.45) is 5.92 Å². The number of carboxylic acids is 1. The molecule has 6 nitrogen and oxygen atoms in total. The number of carboxylic acid groups (broad SMARTS) is 1. The maximum atomic E-state index is 12.7. The number of rotatable bonds is 4. The highest BCUT2D eigenvalue weighted by Gasteiger charge is 2.39. The monoisotopic (exact) mass is 378 g/mol. The Morgan fingerprint density at radius 1 is 1.32 bits per heavy atom. The molecule has 1 saturated heterocycles. The van der Waals surface area contributed by atoms with Crippen LogP contribution in [0.2, 0.25) is 0 Å². The molecule has 0 aromatic heterocycles. The van der Waals surface area contributed by atoms with Crippen LogP contribution in [-0.2, 0) is 9.59 Å². The molecule has 2 aliphatic rings. The van der Waals surface area contributed by atoms with Gasteiger partial charge in [-0.3, -0.25) is 9.69 Å². The summed E-state index contributed by atoms with van der Waals surface area (Å²) in [6, 6.07) is 4.27. The predicted molar refractivity (Wildman–Crippen MR) is 96.1 cm³/mol. The molecule has 1 aromatic carbocycles. The van der Waals surface area contributed by atoms with Crippen LogP contribution in [0.1, 0.15) is 19.4 Å².